The highest BCUT2D eigenvalue weighted by atomic mass is 15.0. The molecule has 0 bridgehead atoms. The van der Waals surface area contributed by atoms with Gasteiger partial charge in [0.25, 0.3) is 0 Å². The van der Waals surface area contributed by atoms with Gasteiger partial charge < -0.3 is 13.7 Å². The number of hydrogen-bond donors (Lipinski definition) is 0. The maximum atomic E-state index is 10.4. The van der Waals surface area contributed by atoms with Gasteiger partial charge in [-0.2, -0.15) is 5.26 Å². The van der Waals surface area contributed by atoms with Crippen molar-refractivity contribution in [3.8, 4) is 34.3 Å². The molecule has 11 rings (SSSR count). The van der Waals surface area contributed by atoms with Crippen molar-refractivity contribution in [3.05, 3.63) is 193 Å². The van der Waals surface area contributed by atoms with E-state index in [1.54, 1.807) is 0 Å². The zero-order valence-electron chi connectivity index (χ0n) is 29.5. The van der Waals surface area contributed by atoms with Crippen molar-refractivity contribution in [1.29, 1.82) is 5.26 Å². The number of nitrogens with zero attached hydrogens (tertiary/aromatic N) is 5. The Morgan fingerprint density at radius 3 is 1.62 bits per heavy atom. The van der Waals surface area contributed by atoms with Crippen LogP contribution in [-0.2, 0) is 0 Å². The number of rotatable bonds is 4. The highest BCUT2D eigenvalue weighted by molar-refractivity contribution is 6.14. The van der Waals surface area contributed by atoms with Crippen LogP contribution in [-0.4, -0.2) is 13.7 Å². The average Bonchev–Trinajstić information content (AvgIpc) is 3.89. The molecule has 0 aliphatic rings. The maximum Gasteiger partial charge on any atom is 0.211 e. The Bertz CT molecular complexity index is 3420. The molecule has 0 aliphatic heterocycles. The molecule has 55 heavy (non-hydrogen) atoms. The van der Waals surface area contributed by atoms with Crippen LogP contribution in [0.2, 0.25) is 0 Å². The monoisotopic (exact) mass is 699 g/mol. The van der Waals surface area contributed by atoms with Crippen molar-refractivity contribution in [1.82, 2.24) is 13.7 Å². The van der Waals surface area contributed by atoms with Crippen LogP contribution < -0.4 is 0 Å². The normalized spacial score (nSPS) is 11.6. The summed E-state index contributed by atoms with van der Waals surface area (Å²) in [5.74, 6) is 0. The standard InChI is InChI=1S/C50H29N5/c1-52-42-22-13-21-40(50(42)55-47-27-11-5-17-36(47)39-20-12-14-32(31-51)49(39)55)37-18-4-9-25-45(37)54-46-26-10-6-19-38(46)41-30-33(28-29-48(41)54)53-43-23-7-2-15-34(43)35-16-3-8-24-44(35)53/h2-30H. The minimum atomic E-state index is 0.515. The van der Waals surface area contributed by atoms with E-state index in [1.165, 1.54) is 21.8 Å². The topological polar surface area (TPSA) is 42.9 Å². The molecular formula is C50H29N5. The summed E-state index contributed by atoms with van der Waals surface area (Å²) < 4.78 is 6.86. The first-order valence-corrected chi connectivity index (χ1v) is 18.3. The summed E-state index contributed by atoms with van der Waals surface area (Å²) in [6, 6.07) is 63.5. The first kappa shape index (κ1) is 30.7. The summed E-state index contributed by atoms with van der Waals surface area (Å²) in [7, 11) is 0. The van der Waals surface area contributed by atoms with E-state index < -0.39 is 0 Å². The van der Waals surface area contributed by atoms with Crippen molar-refractivity contribution in [3.63, 3.8) is 0 Å². The molecule has 0 N–H and O–H groups in total. The molecule has 0 atom stereocenters. The van der Waals surface area contributed by atoms with Gasteiger partial charge in [-0.25, -0.2) is 4.85 Å². The number of para-hydroxylation sites is 7. The lowest BCUT2D eigenvalue weighted by molar-refractivity contribution is 1.16. The third-order valence-corrected chi connectivity index (χ3v) is 11.1. The lowest BCUT2D eigenvalue weighted by atomic mass is 9.99. The Labute approximate surface area is 316 Å². The zero-order chi connectivity index (χ0) is 36.6. The van der Waals surface area contributed by atoms with Gasteiger partial charge >= 0.3 is 0 Å². The average molecular weight is 700 g/mol. The fourth-order valence-electron chi connectivity index (χ4n) is 8.87. The van der Waals surface area contributed by atoms with E-state index in [0.717, 1.165) is 71.8 Å². The minimum Gasteiger partial charge on any atom is -0.317 e. The van der Waals surface area contributed by atoms with Crippen LogP contribution in [0.3, 0.4) is 0 Å². The smallest absolute Gasteiger partial charge is 0.211 e. The highest BCUT2D eigenvalue weighted by Crippen LogP contribution is 2.45. The zero-order valence-corrected chi connectivity index (χ0v) is 29.5. The summed E-state index contributed by atoms with van der Waals surface area (Å²) in [6.07, 6.45) is 0. The predicted octanol–water partition coefficient (Wildman–Crippen LogP) is 13.1. The minimum absolute atomic E-state index is 0.515. The summed E-state index contributed by atoms with van der Waals surface area (Å²) in [5.41, 5.74) is 12.1. The fraction of sp³-hybridized carbons (Fsp3) is 0. The van der Waals surface area contributed by atoms with Gasteiger partial charge in [0.15, 0.2) is 0 Å². The van der Waals surface area contributed by atoms with Crippen molar-refractivity contribution < 1.29 is 0 Å². The summed E-state index contributed by atoms with van der Waals surface area (Å²) >= 11 is 0. The van der Waals surface area contributed by atoms with Crippen LogP contribution in [0.15, 0.2) is 176 Å². The molecule has 0 unspecified atom stereocenters. The molecule has 0 spiro atoms. The van der Waals surface area contributed by atoms with E-state index in [1.807, 2.05) is 36.4 Å². The SMILES string of the molecule is [C-]#[N+]c1cccc(-c2ccccc2-n2c3ccccc3c3cc(-n4c5ccccc5c5ccccc54)ccc32)c1-n1c2ccccc2c2cccc(C#N)c21. The molecule has 5 nitrogen and oxygen atoms in total. The molecule has 0 amide bonds. The second kappa shape index (κ2) is 11.8. The molecule has 0 fully saturated rings. The molecule has 3 aromatic heterocycles. The molecule has 11 aromatic rings. The largest absolute Gasteiger partial charge is 0.317 e. The van der Waals surface area contributed by atoms with Gasteiger partial charge in [-0.05, 0) is 60.2 Å². The van der Waals surface area contributed by atoms with Gasteiger partial charge in [-0.15, -0.1) is 0 Å². The van der Waals surface area contributed by atoms with Gasteiger partial charge in [-0.1, -0.05) is 121 Å². The number of hydrogen-bond acceptors (Lipinski definition) is 1. The van der Waals surface area contributed by atoms with E-state index in [4.69, 9.17) is 6.57 Å². The number of benzene rings is 8. The van der Waals surface area contributed by atoms with E-state index in [9.17, 15) is 5.26 Å². The molecule has 0 aliphatic carbocycles. The molecule has 0 saturated carbocycles. The molecule has 8 aromatic carbocycles. The van der Waals surface area contributed by atoms with Crippen molar-refractivity contribution in [2.24, 2.45) is 0 Å². The molecule has 0 saturated heterocycles. The second-order valence-electron chi connectivity index (χ2n) is 13.9. The number of fused-ring (bicyclic) bond motifs is 9. The quantitative estimate of drug-likeness (QED) is 0.169. The summed E-state index contributed by atoms with van der Waals surface area (Å²) in [6.45, 7) is 8.39. The first-order chi connectivity index (χ1) is 27.2. The van der Waals surface area contributed by atoms with Crippen LogP contribution in [0.4, 0.5) is 5.69 Å². The molecule has 5 heteroatoms. The Kier molecular flexibility index (Phi) is 6.61. The van der Waals surface area contributed by atoms with Crippen LogP contribution >= 0.6 is 0 Å². The van der Waals surface area contributed by atoms with Crippen LogP contribution in [0.5, 0.6) is 0 Å². The number of nitriles is 1. The van der Waals surface area contributed by atoms with Crippen LogP contribution in [0.1, 0.15) is 5.56 Å². The summed E-state index contributed by atoms with van der Waals surface area (Å²) in [5, 5.41) is 17.2. The van der Waals surface area contributed by atoms with Gasteiger partial charge in [0.1, 0.15) is 6.07 Å². The highest BCUT2D eigenvalue weighted by Gasteiger charge is 2.23. The molecule has 3 heterocycles. The molecular weight excluding hydrogens is 671 g/mol. The van der Waals surface area contributed by atoms with Crippen LogP contribution in [0, 0.1) is 17.9 Å². The van der Waals surface area contributed by atoms with E-state index >= 15 is 0 Å². The Morgan fingerprint density at radius 1 is 0.436 bits per heavy atom. The summed E-state index contributed by atoms with van der Waals surface area (Å²) in [4.78, 5) is 4.09. The van der Waals surface area contributed by atoms with Gasteiger partial charge in [0.05, 0.1) is 56.6 Å². The van der Waals surface area contributed by atoms with Crippen molar-refractivity contribution >= 4 is 71.1 Å². The lowest BCUT2D eigenvalue weighted by Gasteiger charge is -2.20. The van der Waals surface area contributed by atoms with E-state index in [-0.39, 0.29) is 0 Å². The van der Waals surface area contributed by atoms with Crippen molar-refractivity contribution in [2.45, 2.75) is 0 Å². The van der Waals surface area contributed by atoms with Gasteiger partial charge in [-0.3, -0.25) is 0 Å². The Balaban J connectivity index is 1.20. The fourth-order valence-corrected chi connectivity index (χ4v) is 8.87. The lowest BCUT2D eigenvalue weighted by Crippen LogP contribution is -2.02. The van der Waals surface area contributed by atoms with E-state index in [2.05, 4.69) is 164 Å². The maximum absolute atomic E-state index is 10.4. The first-order valence-electron chi connectivity index (χ1n) is 18.3. The van der Waals surface area contributed by atoms with Gasteiger partial charge in [0.2, 0.25) is 5.69 Å². The third-order valence-electron chi connectivity index (χ3n) is 11.1. The van der Waals surface area contributed by atoms with Gasteiger partial charge in [0, 0.05) is 43.6 Å². The number of aromatic nitrogens is 3. The molecule has 0 radical (unpaired) electrons. The van der Waals surface area contributed by atoms with Crippen molar-refractivity contribution in [2.75, 3.05) is 0 Å². The Hall–Kier alpha value is -7.86. The molecule has 254 valence electrons. The predicted molar refractivity (Wildman–Crippen MR) is 226 cm³/mol. The second-order valence-corrected chi connectivity index (χ2v) is 13.9. The Morgan fingerprint density at radius 2 is 0.945 bits per heavy atom. The van der Waals surface area contributed by atoms with Crippen LogP contribution in [0.25, 0.3) is 98.5 Å². The third kappa shape index (κ3) is 4.33. The van der Waals surface area contributed by atoms with E-state index in [0.29, 0.717) is 11.3 Å².